The third-order valence-corrected chi connectivity index (χ3v) is 4.02. The lowest BCUT2D eigenvalue weighted by atomic mass is 10.1. The van der Waals surface area contributed by atoms with E-state index in [9.17, 15) is 4.79 Å². The molecule has 0 spiro atoms. The van der Waals surface area contributed by atoms with Crippen LogP contribution in [0, 0.1) is 6.92 Å². The number of carbonyl (C=O) groups is 1. The molecule has 0 radical (unpaired) electrons. The molecule has 0 bridgehead atoms. The summed E-state index contributed by atoms with van der Waals surface area (Å²) in [5.74, 6) is 0.0180. The van der Waals surface area contributed by atoms with E-state index in [0.29, 0.717) is 12.1 Å². The number of Topliss-reactive ketones (excluding diaryl/α,β-unsaturated/α-hetero) is 1. The lowest BCUT2D eigenvalue weighted by Crippen LogP contribution is -2.11. The van der Waals surface area contributed by atoms with Crippen molar-refractivity contribution in [3.05, 3.63) is 45.4 Å². The van der Waals surface area contributed by atoms with E-state index in [0.717, 1.165) is 27.8 Å². The zero-order chi connectivity index (χ0) is 14.0. The third-order valence-electron chi connectivity index (χ3n) is 3.10. The highest BCUT2D eigenvalue weighted by atomic mass is 79.9. The van der Waals surface area contributed by atoms with Crippen LogP contribution in [0.15, 0.2) is 22.8 Å². The van der Waals surface area contributed by atoms with Crippen molar-refractivity contribution in [2.24, 2.45) is 7.05 Å². The zero-order valence-corrected chi connectivity index (χ0v) is 12.9. The molecule has 0 N–H and O–H groups in total. The van der Waals surface area contributed by atoms with Crippen molar-refractivity contribution in [3.63, 3.8) is 0 Å². The number of nitrogens with zero attached hydrogens (tertiary/aromatic N) is 3. The van der Waals surface area contributed by atoms with Gasteiger partial charge in [-0.1, -0.05) is 13.0 Å². The van der Waals surface area contributed by atoms with Gasteiger partial charge in [-0.3, -0.25) is 14.5 Å². The minimum Gasteiger partial charge on any atom is -0.292 e. The van der Waals surface area contributed by atoms with E-state index >= 15 is 0 Å². The molecule has 0 aliphatic rings. The standard InChI is InChI=1S/C14H16BrN3O/c1-4-10-13(15)11(18(3)17-10)8-12(19)14-9(2)6-5-7-16-14/h5-7H,4,8H2,1-3H3. The first-order valence-electron chi connectivity index (χ1n) is 6.19. The van der Waals surface area contributed by atoms with Gasteiger partial charge >= 0.3 is 0 Å². The fraction of sp³-hybridized carbons (Fsp3) is 0.357. The summed E-state index contributed by atoms with van der Waals surface area (Å²) in [6, 6.07) is 3.73. The second kappa shape index (κ2) is 5.65. The Morgan fingerprint density at radius 2 is 2.21 bits per heavy atom. The van der Waals surface area contributed by atoms with E-state index in [-0.39, 0.29) is 5.78 Å². The molecule has 0 unspecified atom stereocenters. The largest absolute Gasteiger partial charge is 0.292 e. The molecule has 5 heteroatoms. The molecule has 0 fully saturated rings. The first kappa shape index (κ1) is 13.9. The molecule has 2 aromatic rings. The Morgan fingerprint density at radius 3 is 2.79 bits per heavy atom. The van der Waals surface area contributed by atoms with Gasteiger partial charge in [0.2, 0.25) is 0 Å². The lowest BCUT2D eigenvalue weighted by molar-refractivity contribution is 0.0985. The van der Waals surface area contributed by atoms with Crippen LogP contribution in [0.5, 0.6) is 0 Å². The van der Waals surface area contributed by atoms with Crippen LogP contribution in [0.1, 0.15) is 34.4 Å². The van der Waals surface area contributed by atoms with E-state index in [1.165, 1.54) is 0 Å². The summed E-state index contributed by atoms with van der Waals surface area (Å²) in [5.41, 5.74) is 3.31. The molecular formula is C14H16BrN3O. The minimum absolute atomic E-state index is 0.0180. The average Bonchev–Trinajstić information content (AvgIpc) is 2.66. The monoisotopic (exact) mass is 321 g/mol. The fourth-order valence-corrected chi connectivity index (χ4v) is 2.78. The van der Waals surface area contributed by atoms with Gasteiger partial charge in [0.1, 0.15) is 5.69 Å². The molecule has 100 valence electrons. The quantitative estimate of drug-likeness (QED) is 0.813. The van der Waals surface area contributed by atoms with E-state index < -0.39 is 0 Å². The maximum atomic E-state index is 12.3. The van der Waals surface area contributed by atoms with Crippen LogP contribution in [-0.4, -0.2) is 20.5 Å². The Bertz CT molecular complexity index is 619. The molecule has 4 nitrogen and oxygen atoms in total. The zero-order valence-electron chi connectivity index (χ0n) is 11.3. The molecule has 0 saturated heterocycles. The highest BCUT2D eigenvalue weighted by molar-refractivity contribution is 9.10. The first-order valence-corrected chi connectivity index (χ1v) is 6.99. The van der Waals surface area contributed by atoms with Crippen molar-refractivity contribution in [3.8, 4) is 0 Å². The van der Waals surface area contributed by atoms with Gasteiger partial charge in [-0.2, -0.15) is 5.10 Å². The predicted molar refractivity (Wildman–Crippen MR) is 77.3 cm³/mol. The van der Waals surface area contributed by atoms with E-state index in [1.54, 1.807) is 10.9 Å². The van der Waals surface area contributed by atoms with Crippen molar-refractivity contribution >= 4 is 21.7 Å². The molecular weight excluding hydrogens is 306 g/mol. The van der Waals surface area contributed by atoms with Crippen LogP contribution in [0.3, 0.4) is 0 Å². The predicted octanol–water partition coefficient (Wildman–Crippen LogP) is 2.87. The Kier molecular flexibility index (Phi) is 4.14. The molecule has 0 aliphatic heterocycles. The maximum Gasteiger partial charge on any atom is 0.187 e. The highest BCUT2D eigenvalue weighted by Gasteiger charge is 2.18. The van der Waals surface area contributed by atoms with Crippen molar-refractivity contribution in [1.29, 1.82) is 0 Å². The fourth-order valence-electron chi connectivity index (χ4n) is 2.03. The second-order valence-electron chi connectivity index (χ2n) is 4.45. The molecule has 0 amide bonds. The number of aryl methyl sites for hydroxylation is 3. The number of pyridine rings is 1. The van der Waals surface area contributed by atoms with Crippen molar-refractivity contribution in [1.82, 2.24) is 14.8 Å². The molecule has 2 aromatic heterocycles. The number of aromatic nitrogens is 3. The molecule has 2 heterocycles. The molecule has 0 aliphatic carbocycles. The van der Waals surface area contributed by atoms with Gasteiger partial charge in [-0.25, -0.2) is 0 Å². The van der Waals surface area contributed by atoms with Gasteiger partial charge in [-0.05, 0) is 40.9 Å². The van der Waals surface area contributed by atoms with Crippen LogP contribution in [-0.2, 0) is 19.9 Å². The van der Waals surface area contributed by atoms with E-state index in [4.69, 9.17) is 0 Å². The number of ketones is 1. The normalized spacial score (nSPS) is 10.7. The smallest absolute Gasteiger partial charge is 0.187 e. The van der Waals surface area contributed by atoms with E-state index in [1.807, 2.05) is 33.0 Å². The Hall–Kier alpha value is -1.49. The summed E-state index contributed by atoms with van der Waals surface area (Å²) < 4.78 is 2.69. The first-order chi connectivity index (χ1) is 9.04. The van der Waals surface area contributed by atoms with Gasteiger partial charge in [-0.15, -0.1) is 0 Å². The molecule has 0 saturated carbocycles. The van der Waals surface area contributed by atoms with Gasteiger partial charge in [0.15, 0.2) is 5.78 Å². The minimum atomic E-state index is 0.0180. The highest BCUT2D eigenvalue weighted by Crippen LogP contribution is 2.23. The summed E-state index contributed by atoms with van der Waals surface area (Å²) in [4.78, 5) is 16.5. The summed E-state index contributed by atoms with van der Waals surface area (Å²) in [6.07, 6.45) is 2.79. The van der Waals surface area contributed by atoms with Crippen LogP contribution in [0.2, 0.25) is 0 Å². The Labute approximate surface area is 121 Å². The number of rotatable bonds is 4. The van der Waals surface area contributed by atoms with E-state index in [2.05, 4.69) is 26.0 Å². The lowest BCUT2D eigenvalue weighted by Gasteiger charge is -2.04. The Morgan fingerprint density at radius 1 is 1.47 bits per heavy atom. The SMILES string of the molecule is CCc1nn(C)c(CC(=O)c2ncccc2C)c1Br. The summed E-state index contributed by atoms with van der Waals surface area (Å²) in [7, 11) is 1.86. The average molecular weight is 322 g/mol. The van der Waals surface area contributed by atoms with Gasteiger partial charge < -0.3 is 0 Å². The topological polar surface area (TPSA) is 47.8 Å². The van der Waals surface area contributed by atoms with Gasteiger partial charge in [0, 0.05) is 13.2 Å². The summed E-state index contributed by atoms with van der Waals surface area (Å²) >= 11 is 3.53. The van der Waals surface area contributed by atoms with Crippen LogP contribution >= 0.6 is 15.9 Å². The number of hydrogen-bond acceptors (Lipinski definition) is 3. The molecule has 0 aromatic carbocycles. The Balaban J connectivity index is 2.30. The number of hydrogen-bond donors (Lipinski definition) is 0. The molecule has 2 rings (SSSR count). The van der Waals surface area contributed by atoms with Crippen LogP contribution in [0.4, 0.5) is 0 Å². The number of halogens is 1. The summed E-state index contributed by atoms with van der Waals surface area (Å²) in [6.45, 7) is 3.94. The number of carbonyl (C=O) groups excluding carboxylic acids is 1. The van der Waals surface area contributed by atoms with Gasteiger partial charge in [0.25, 0.3) is 0 Å². The van der Waals surface area contributed by atoms with Crippen LogP contribution < -0.4 is 0 Å². The van der Waals surface area contributed by atoms with Crippen molar-refractivity contribution < 1.29 is 4.79 Å². The molecule has 19 heavy (non-hydrogen) atoms. The molecule has 0 atom stereocenters. The van der Waals surface area contributed by atoms with Gasteiger partial charge in [0.05, 0.1) is 22.3 Å². The summed E-state index contributed by atoms with van der Waals surface area (Å²) in [5, 5.41) is 4.39. The van der Waals surface area contributed by atoms with Crippen molar-refractivity contribution in [2.45, 2.75) is 26.7 Å². The van der Waals surface area contributed by atoms with Crippen molar-refractivity contribution in [2.75, 3.05) is 0 Å². The third kappa shape index (κ3) is 2.76. The second-order valence-corrected chi connectivity index (χ2v) is 5.25. The van der Waals surface area contributed by atoms with Crippen LogP contribution in [0.25, 0.3) is 0 Å². The maximum absolute atomic E-state index is 12.3.